The maximum Gasteiger partial charge on any atom is 0.282 e. The number of aliphatic hydroxyl groups excluding tert-OH is 1. The van der Waals surface area contributed by atoms with Crippen LogP contribution in [-0.4, -0.2) is 22.2 Å². The standard InChI is InChI=1S/C12H15IN2O3/c13-10-7-9(3-4-11(10)15(17)18)14-12(8-16)5-1-2-6-12/h3-4,7,14,16H,1-2,5-6,8H2. The van der Waals surface area contributed by atoms with E-state index in [0.717, 1.165) is 31.4 Å². The zero-order valence-electron chi connectivity index (χ0n) is 9.86. The predicted molar refractivity (Wildman–Crippen MR) is 77.7 cm³/mol. The van der Waals surface area contributed by atoms with Crippen LogP contribution in [0.15, 0.2) is 18.2 Å². The van der Waals surface area contributed by atoms with Crippen LogP contribution in [0.5, 0.6) is 0 Å². The van der Waals surface area contributed by atoms with Crippen molar-refractivity contribution in [2.75, 3.05) is 11.9 Å². The van der Waals surface area contributed by atoms with Gasteiger partial charge in [-0.2, -0.15) is 0 Å². The Balaban J connectivity index is 2.19. The third-order valence-corrected chi connectivity index (χ3v) is 4.28. The number of hydrogen-bond acceptors (Lipinski definition) is 4. The number of aliphatic hydroxyl groups is 1. The average Bonchev–Trinajstić information content (AvgIpc) is 2.78. The molecule has 1 fully saturated rings. The van der Waals surface area contributed by atoms with Crippen LogP contribution in [0, 0.1) is 13.7 Å². The molecule has 6 heteroatoms. The molecule has 0 atom stereocenters. The molecule has 0 aliphatic heterocycles. The van der Waals surface area contributed by atoms with Gasteiger partial charge < -0.3 is 10.4 Å². The van der Waals surface area contributed by atoms with Crippen LogP contribution in [0.1, 0.15) is 25.7 Å². The van der Waals surface area contributed by atoms with Gasteiger partial charge in [0, 0.05) is 11.8 Å². The Morgan fingerprint density at radius 3 is 2.61 bits per heavy atom. The van der Waals surface area contributed by atoms with Gasteiger partial charge in [0.25, 0.3) is 5.69 Å². The second-order valence-electron chi connectivity index (χ2n) is 4.69. The van der Waals surface area contributed by atoms with Crippen LogP contribution in [0.3, 0.4) is 0 Å². The van der Waals surface area contributed by atoms with E-state index in [1.54, 1.807) is 12.1 Å². The van der Waals surface area contributed by atoms with Crippen molar-refractivity contribution in [3.8, 4) is 0 Å². The van der Waals surface area contributed by atoms with Crippen LogP contribution < -0.4 is 5.32 Å². The first-order chi connectivity index (χ1) is 8.56. The van der Waals surface area contributed by atoms with Crippen LogP contribution in [0.2, 0.25) is 0 Å². The molecule has 0 spiro atoms. The Morgan fingerprint density at radius 1 is 1.44 bits per heavy atom. The van der Waals surface area contributed by atoms with Crippen molar-refractivity contribution in [1.82, 2.24) is 0 Å². The van der Waals surface area contributed by atoms with Gasteiger partial charge in [0.15, 0.2) is 0 Å². The summed E-state index contributed by atoms with van der Waals surface area (Å²) in [6, 6.07) is 4.97. The normalized spacial score (nSPS) is 17.7. The largest absolute Gasteiger partial charge is 0.394 e. The fraction of sp³-hybridized carbons (Fsp3) is 0.500. The predicted octanol–water partition coefficient (Wildman–Crippen LogP) is 2.92. The molecule has 1 aromatic rings. The molecule has 98 valence electrons. The molecule has 0 heterocycles. The first kappa shape index (κ1) is 13.5. The van der Waals surface area contributed by atoms with Gasteiger partial charge in [-0.1, -0.05) is 12.8 Å². The van der Waals surface area contributed by atoms with E-state index in [1.165, 1.54) is 6.07 Å². The lowest BCUT2D eigenvalue weighted by atomic mass is 9.98. The smallest absolute Gasteiger partial charge is 0.282 e. The maximum atomic E-state index is 10.7. The SMILES string of the molecule is O=[N+]([O-])c1ccc(NC2(CO)CCCC2)cc1I. The number of nitrogens with zero attached hydrogens (tertiary/aromatic N) is 1. The highest BCUT2D eigenvalue weighted by atomic mass is 127. The molecule has 0 bridgehead atoms. The average molecular weight is 362 g/mol. The summed E-state index contributed by atoms with van der Waals surface area (Å²) in [6.45, 7) is 0.0978. The summed E-state index contributed by atoms with van der Waals surface area (Å²) < 4.78 is 0.605. The number of anilines is 1. The van der Waals surface area contributed by atoms with E-state index in [1.807, 2.05) is 22.6 Å². The molecule has 5 nitrogen and oxygen atoms in total. The maximum absolute atomic E-state index is 10.7. The monoisotopic (exact) mass is 362 g/mol. The molecule has 1 aliphatic carbocycles. The summed E-state index contributed by atoms with van der Waals surface area (Å²) in [7, 11) is 0. The van der Waals surface area contributed by atoms with E-state index in [9.17, 15) is 15.2 Å². The second-order valence-corrected chi connectivity index (χ2v) is 5.86. The van der Waals surface area contributed by atoms with Gasteiger partial charge in [0.05, 0.1) is 20.6 Å². The van der Waals surface area contributed by atoms with Crippen molar-refractivity contribution >= 4 is 34.0 Å². The van der Waals surface area contributed by atoms with E-state index in [2.05, 4.69) is 5.32 Å². The quantitative estimate of drug-likeness (QED) is 0.491. The molecular weight excluding hydrogens is 347 g/mol. The molecule has 0 unspecified atom stereocenters. The lowest BCUT2D eigenvalue weighted by molar-refractivity contribution is -0.385. The van der Waals surface area contributed by atoms with E-state index in [-0.39, 0.29) is 22.8 Å². The first-order valence-electron chi connectivity index (χ1n) is 5.89. The van der Waals surface area contributed by atoms with Gasteiger partial charge in [-0.3, -0.25) is 10.1 Å². The molecule has 0 saturated heterocycles. The van der Waals surface area contributed by atoms with Gasteiger partial charge in [-0.25, -0.2) is 0 Å². The number of nitro groups is 1. The van der Waals surface area contributed by atoms with E-state index in [0.29, 0.717) is 3.57 Å². The van der Waals surface area contributed by atoms with E-state index >= 15 is 0 Å². The first-order valence-corrected chi connectivity index (χ1v) is 6.97. The minimum atomic E-state index is -0.386. The van der Waals surface area contributed by atoms with Gasteiger partial charge >= 0.3 is 0 Å². The molecule has 1 saturated carbocycles. The summed E-state index contributed by atoms with van der Waals surface area (Å²) in [5, 5.41) is 23.6. The Morgan fingerprint density at radius 2 is 2.11 bits per heavy atom. The van der Waals surface area contributed by atoms with Crippen LogP contribution in [0.25, 0.3) is 0 Å². The molecule has 2 rings (SSSR count). The molecule has 2 N–H and O–H groups in total. The number of nitrogens with one attached hydrogen (secondary N) is 1. The summed E-state index contributed by atoms with van der Waals surface area (Å²) in [5.41, 5.74) is 0.700. The second kappa shape index (κ2) is 5.40. The topological polar surface area (TPSA) is 75.4 Å². The molecular formula is C12H15IN2O3. The van der Waals surface area contributed by atoms with Crippen LogP contribution >= 0.6 is 22.6 Å². The Bertz CT molecular complexity index is 459. The Hall–Kier alpha value is -0.890. The number of rotatable bonds is 4. The Kier molecular flexibility index (Phi) is 4.06. The fourth-order valence-corrected chi connectivity index (χ4v) is 3.13. The van der Waals surface area contributed by atoms with Gasteiger partial charge in [-0.05, 0) is 47.6 Å². The van der Waals surface area contributed by atoms with Crippen molar-refractivity contribution in [3.63, 3.8) is 0 Å². The van der Waals surface area contributed by atoms with Crippen molar-refractivity contribution in [2.45, 2.75) is 31.2 Å². The number of benzene rings is 1. The summed E-state index contributed by atoms with van der Waals surface area (Å²) in [6.07, 6.45) is 4.10. The van der Waals surface area contributed by atoms with Crippen molar-refractivity contribution in [2.24, 2.45) is 0 Å². The third-order valence-electron chi connectivity index (χ3n) is 3.42. The molecule has 1 aromatic carbocycles. The lowest BCUT2D eigenvalue weighted by Gasteiger charge is -2.29. The fourth-order valence-electron chi connectivity index (χ4n) is 2.41. The van der Waals surface area contributed by atoms with Crippen LogP contribution in [-0.2, 0) is 0 Å². The number of halogens is 1. The highest BCUT2D eigenvalue weighted by molar-refractivity contribution is 14.1. The minimum absolute atomic E-state index is 0.0978. The van der Waals surface area contributed by atoms with Crippen molar-refractivity contribution < 1.29 is 10.0 Å². The zero-order chi connectivity index (χ0) is 13.2. The number of nitro benzene ring substituents is 1. The molecule has 0 aromatic heterocycles. The van der Waals surface area contributed by atoms with Crippen molar-refractivity contribution in [1.29, 1.82) is 0 Å². The Labute approximate surface area is 119 Å². The van der Waals surface area contributed by atoms with E-state index < -0.39 is 0 Å². The van der Waals surface area contributed by atoms with Crippen molar-refractivity contribution in [3.05, 3.63) is 31.9 Å². The molecule has 0 amide bonds. The number of hydrogen-bond donors (Lipinski definition) is 2. The van der Waals surface area contributed by atoms with E-state index in [4.69, 9.17) is 0 Å². The third kappa shape index (κ3) is 2.74. The highest BCUT2D eigenvalue weighted by Crippen LogP contribution is 2.34. The summed E-state index contributed by atoms with van der Waals surface area (Å²) in [4.78, 5) is 10.4. The van der Waals surface area contributed by atoms with Gasteiger partial charge in [0.2, 0.25) is 0 Å². The molecule has 18 heavy (non-hydrogen) atoms. The van der Waals surface area contributed by atoms with Crippen LogP contribution in [0.4, 0.5) is 11.4 Å². The highest BCUT2D eigenvalue weighted by Gasteiger charge is 2.33. The summed E-state index contributed by atoms with van der Waals surface area (Å²) >= 11 is 1.96. The molecule has 1 aliphatic rings. The molecule has 0 radical (unpaired) electrons. The zero-order valence-corrected chi connectivity index (χ0v) is 12.0. The summed E-state index contributed by atoms with van der Waals surface area (Å²) in [5.74, 6) is 0. The lowest BCUT2D eigenvalue weighted by Crippen LogP contribution is -2.38. The van der Waals surface area contributed by atoms with Gasteiger partial charge in [-0.15, -0.1) is 0 Å². The van der Waals surface area contributed by atoms with Gasteiger partial charge in [0.1, 0.15) is 0 Å². The minimum Gasteiger partial charge on any atom is -0.394 e.